The van der Waals surface area contributed by atoms with Gasteiger partial charge in [0.05, 0.1) is 6.61 Å². The van der Waals surface area contributed by atoms with Crippen molar-refractivity contribution in [3.8, 4) is 11.5 Å². The van der Waals surface area contributed by atoms with Crippen LogP contribution in [0.2, 0.25) is 0 Å². The van der Waals surface area contributed by atoms with E-state index in [1.54, 1.807) is 0 Å². The van der Waals surface area contributed by atoms with Gasteiger partial charge in [-0.2, -0.15) is 0 Å². The van der Waals surface area contributed by atoms with Crippen molar-refractivity contribution < 1.29 is 28.9 Å². The lowest BCUT2D eigenvalue weighted by atomic mass is 10.0. The van der Waals surface area contributed by atoms with Crippen molar-refractivity contribution in [1.82, 2.24) is 5.32 Å². The van der Waals surface area contributed by atoms with E-state index in [4.69, 9.17) is 14.2 Å². The molecule has 0 saturated heterocycles. The Morgan fingerprint density at radius 1 is 1.33 bits per heavy atom. The smallest absolute Gasteiger partial charge is 0.331 e. The minimum Gasteiger partial charge on any atom is -0.486 e. The Morgan fingerprint density at radius 3 is 2.71 bits per heavy atom. The molecule has 1 aromatic carbocycles. The molecule has 1 aromatic rings. The van der Waals surface area contributed by atoms with Gasteiger partial charge in [0.1, 0.15) is 13.2 Å². The second-order valence-electron chi connectivity index (χ2n) is 6.41. The molecule has 1 heterocycles. The molecule has 3 atom stereocenters. The topological polar surface area (TPSA) is 94.1 Å². The minimum absolute atomic E-state index is 0.0708. The molecular weight excluding hydrogens is 314 g/mol. The van der Waals surface area contributed by atoms with Crippen LogP contribution in [0.15, 0.2) is 18.2 Å². The Labute approximate surface area is 139 Å². The second-order valence-corrected chi connectivity index (χ2v) is 6.41. The molecule has 1 aliphatic carbocycles. The molecule has 2 aliphatic rings. The van der Waals surface area contributed by atoms with Crippen LogP contribution >= 0.6 is 0 Å². The summed E-state index contributed by atoms with van der Waals surface area (Å²) < 4.78 is 16.0. The lowest BCUT2D eigenvalue weighted by molar-refractivity contribution is -0.149. The van der Waals surface area contributed by atoms with Gasteiger partial charge in [-0.1, -0.05) is 6.07 Å². The minimum atomic E-state index is -1.42. The van der Waals surface area contributed by atoms with Gasteiger partial charge in [0.15, 0.2) is 17.0 Å². The summed E-state index contributed by atoms with van der Waals surface area (Å²) in [6.07, 6.45) is 0.689. The summed E-state index contributed by atoms with van der Waals surface area (Å²) in [6.45, 7) is 2.40. The number of rotatable bonds is 6. The first-order valence-electron chi connectivity index (χ1n) is 7.88. The van der Waals surface area contributed by atoms with Gasteiger partial charge in [-0.25, -0.2) is 4.79 Å². The standard InChI is InChI=1S/C17H21NO6/c1-17(9-22-2,16(20)21)18-15(19)12-8-11(12)10-3-4-13-14(7-10)24-6-5-23-13/h3-4,7,11-12H,5-6,8-9H2,1-2H3,(H,18,19)(H,20,21). The zero-order chi connectivity index (χ0) is 17.3. The third-order valence-corrected chi connectivity index (χ3v) is 4.43. The maximum absolute atomic E-state index is 12.4. The number of hydrogen-bond acceptors (Lipinski definition) is 5. The maximum atomic E-state index is 12.4. The van der Waals surface area contributed by atoms with E-state index in [9.17, 15) is 14.7 Å². The number of nitrogens with one attached hydrogen (secondary N) is 1. The molecule has 2 N–H and O–H groups in total. The van der Waals surface area contributed by atoms with Crippen LogP contribution in [0.4, 0.5) is 0 Å². The molecule has 7 nitrogen and oxygen atoms in total. The van der Waals surface area contributed by atoms with E-state index in [2.05, 4.69) is 5.32 Å². The average molecular weight is 335 g/mol. The molecule has 0 radical (unpaired) electrons. The van der Waals surface area contributed by atoms with Gasteiger partial charge in [-0.15, -0.1) is 0 Å². The molecule has 1 saturated carbocycles. The van der Waals surface area contributed by atoms with Crippen molar-refractivity contribution in [3.63, 3.8) is 0 Å². The van der Waals surface area contributed by atoms with Crippen LogP contribution in [-0.2, 0) is 14.3 Å². The number of carboxylic acid groups (broad SMARTS) is 1. The number of fused-ring (bicyclic) bond motifs is 1. The fourth-order valence-corrected chi connectivity index (χ4v) is 2.95. The van der Waals surface area contributed by atoms with Gasteiger partial charge in [0, 0.05) is 13.0 Å². The number of benzene rings is 1. The number of hydrogen-bond donors (Lipinski definition) is 2. The SMILES string of the molecule is COCC(C)(NC(=O)C1CC1c1ccc2c(c1)OCCO2)C(=O)O. The van der Waals surface area contributed by atoms with Crippen LogP contribution in [0.5, 0.6) is 11.5 Å². The highest BCUT2D eigenvalue weighted by Crippen LogP contribution is 2.49. The Morgan fingerprint density at radius 2 is 2.04 bits per heavy atom. The largest absolute Gasteiger partial charge is 0.486 e. The van der Waals surface area contributed by atoms with Crippen LogP contribution in [0.25, 0.3) is 0 Å². The average Bonchev–Trinajstić information content (AvgIpc) is 3.35. The fraction of sp³-hybridized carbons (Fsp3) is 0.529. The molecule has 1 amide bonds. The highest BCUT2D eigenvalue weighted by molar-refractivity contribution is 5.90. The zero-order valence-electron chi connectivity index (χ0n) is 13.7. The van der Waals surface area contributed by atoms with Crippen molar-refractivity contribution in [2.45, 2.75) is 24.8 Å². The van der Waals surface area contributed by atoms with Crippen LogP contribution in [0.3, 0.4) is 0 Å². The summed E-state index contributed by atoms with van der Waals surface area (Å²) in [4.78, 5) is 23.8. The predicted octanol–water partition coefficient (Wildman–Crippen LogP) is 1.17. The first kappa shape index (κ1) is 16.6. The van der Waals surface area contributed by atoms with Crippen molar-refractivity contribution in [2.75, 3.05) is 26.9 Å². The third kappa shape index (κ3) is 3.17. The molecular formula is C17H21NO6. The van der Waals surface area contributed by atoms with Crippen molar-refractivity contribution in [3.05, 3.63) is 23.8 Å². The van der Waals surface area contributed by atoms with E-state index in [1.165, 1.54) is 14.0 Å². The number of amides is 1. The van der Waals surface area contributed by atoms with E-state index in [-0.39, 0.29) is 24.3 Å². The Hall–Kier alpha value is -2.28. The normalized spacial score (nSPS) is 23.9. The highest BCUT2D eigenvalue weighted by atomic mass is 16.6. The molecule has 0 aromatic heterocycles. The van der Waals surface area contributed by atoms with E-state index in [1.807, 2.05) is 18.2 Å². The highest BCUT2D eigenvalue weighted by Gasteiger charge is 2.47. The first-order valence-corrected chi connectivity index (χ1v) is 7.88. The summed E-state index contributed by atoms with van der Waals surface area (Å²) in [7, 11) is 1.41. The van der Waals surface area contributed by atoms with Crippen LogP contribution in [0, 0.1) is 5.92 Å². The summed E-state index contributed by atoms with van der Waals surface area (Å²) in [6, 6.07) is 5.68. The van der Waals surface area contributed by atoms with Crippen LogP contribution in [0.1, 0.15) is 24.8 Å². The fourth-order valence-electron chi connectivity index (χ4n) is 2.95. The Bertz CT molecular complexity index is 660. The van der Waals surface area contributed by atoms with Crippen LogP contribution in [-0.4, -0.2) is 49.5 Å². The van der Waals surface area contributed by atoms with Gasteiger partial charge < -0.3 is 24.6 Å². The summed E-state index contributed by atoms with van der Waals surface area (Å²) in [5.41, 5.74) is -0.422. The number of carboxylic acids is 1. The number of methoxy groups -OCH3 is 1. The summed E-state index contributed by atoms with van der Waals surface area (Å²) in [5, 5.41) is 11.9. The number of carbonyl (C=O) groups is 2. The molecule has 1 aliphatic heterocycles. The number of ether oxygens (including phenoxy) is 3. The van der Waals surface area contributed by atoms with Gasteiger partial charge in [0.2, 0.25) is 5.91 Å². The third-order valence-electron chi connectivity index (χ3n) is 4.43. The van der Waals surface area contributed by atoms with E-state index >= 15 is 0 Å². The predicted molar refractivity (Wildman–Crippen MR) is 84.3 cm³/mol. The molecule has 7 heteroatoms. The molecule has 3 unspecified atom stereocenters. The maximum Gasteiger partial charge on any atom is 0.331 e. The van der Waals surface area contributed by atoms with Gasteiger partial charge >= 0.3 is 5.97 Å². The van der Waals surface area contributed by atoms with Crippen molar-refractivity contribution >= 4 is 11.9 Å². The molecule has 1 fully saturated rings. The monoisotopic (exact) mass is 335 g/mol. The van der Waals surface area contributed by atoms with Crippen molar-refractivity contribution in [2.24, 2.45) is 5.92 Å². The van der Waals surface area contributed by atoms with Gasteiger partial charge in [-0.3, -0.25) is 4.79 Å². The lowest BCUT2D eigenvalue weighted by Gasteiger charge is -2.25. The summed E-state index contributed by atoms with van der Waals surface area (Å²) in [5.74, 6) is -0.139. The summed E-state index contributed by atoms with van der Waals surface area (Å²) >= 11 is 0. The molecule has 0 spiro atoms. The molecule has 24 heavy (non-hydrogen) atoms. The van der Waals surface area contributed by atoms with E-state index in [0.717, 1.165) is 5.56 Å². The van der Waals surface area contributed by atoms with E-state index < -0.39 is 11.5 Å². The second kappa shape index (κ2) is 6.32. The van der Waals surface area contributed by atoms with Crippen LogP contribution < -0.4 is 14.8 Å². The Kier molecular flexibility index (Phi) is 4.36. The number of aliphatic carboxylic acids is 1. The quantitative estimate of drug-likeness (QED) is 0.810. The number of carbonyl (C=O) groups excluding carboxylic acids is 1. The molecule has 3 rings (SSSR count). The Balaban J connectivity index is 1.66. The first-order chi connectivity index (χ1) is 11.4. The van der Waals surface area contributed by atoms with Gasteiger partial charge in [-0.05, 0) is 37.0 Å². The van der Waals surface area contributed by atoms with Crippen molar-refractivity contribution in [1.29, 1.82) is 0 Å². The van der Waals surface area contributed by atoms with Gasteiger partial charge in [0.25, 0.3) is 0 Å². The van der Waals surface area contributed by atoms with E-state index in [0.29, 0.717) is 31.1 Å². The molecule has 130 valence electrons. The lowest BCUT2D eigenvalue weighted by Crippen LogP contribution is -2.55. The molecule has 0 bridgehead atoms. The zero-order valence-corrected chi connectivity index (χ0v) is 13.7.